The fourth-order valence-corrected chi connectivity index (χ4v) is 3.44. The first kappa shape index (κ1) is 16.9. The van der Waals surface area contributed by atoms with Crippen LogP contribution in [0.2, 0.25) is 0 Å². The van der Waals surface area contributed by atoms with E-state index in [1.165, 1.54) is 18.4 Å². The Bertz CT molecular complexity index is 461. The van der Waals surface area contributed by atoms with Gasteiger partial charge in [0, 0.05) is 25.0 Å². The molecule has 0 radical (unpaired) electrons. The van der Waals surface area contributed by atoms with Gasteiger partial charge in [-0.3, -0.25) is 9.78 Å². The summed E-state index contributed by atoms with van der Waals surface area (Å²) in [5, 5.41) is 12.8. The molecule has 2 rings (SSSR count). The molecule has 4 nitrogen and oxygen atoms in total. The summed E-state index contributed by atoms with van der Waals surface area (Å²) in [7, 11) is 0. The minimum atomic E-state index is -0.680. The van der Waals surface area contributed by atoms with Crippen molar-refractivity contribution in [1.29, 1.82) is 0 Å². The van der Waals surface area contributed by atoms with Gasteiger partial charge < -0.3 is 10.4 Å². The van der Waals surface area contributed by atoms with Crippen molar-refractivity contribution in [2.75, 3.05) is 6.54 Å². The maximum atomic E-state index is 11.3. The molecule has 1 fully saturated rings. The van der Waals surface area contributed by atoms with E-state index in [-0.39, 0.29) is 5.92 Å². The molecule has 1 heterocycles. The van der Waals surface area contributed by atoms with Crippen molar-refractivity contribution in [2.45, 2.75) is 57.9 Å². The molecule has 0 aromatic carbocycles. The van der Waals surface area contributed by atoms with Crippen LogP contribution < -0.4 is 5.32 Å². The molecular weight excluding hydrogens is 276 g/mol. The highest BCUT2D eigenvalue weighted by Crippen LogP contribution is 2.32. The van der Waals surface area contributed by atoms with Gasteiger partial charge in [0.25, 0.3) is 0 Å². The second kappa shape index (κ2) is 8.28. The fourth-order valence-electron chi connectivity index (χ4n) is 3.44. The molecule has 1 saturated carbocycles. The normalized spacial score (nSPS) is 23.4. The topological polar surface area (TPSA) is 62.2 Å². The van der Waals surface area contributed by atoms with Crippen LogP contribution in [0.4, 0.5) is 0 Å². The van der Waals surface area contributed by atoms with Gasteiger partial charge in [0.2, 0.25) is 0 Å². The molecule has 1 aromatic rings. The fraction of sp³-hybridized carbons (Fsp3) is 0.667. The second-order valence-electron chi connectivity index (χ2n) is 6.92. The lowest BCUT2D eigenvalue weighted by Crippen LogP contribution is -2.39. The molecular formula is C18H28N2O2. The molecule has 4 heteroatoms. The molecule has 0 amide bonds. The van der Waals surface area contributed by atoms with E-state index in [0.717, 1.165) is 19.3 Å². The Kier molecular flexibility index (Phi) is 6.37. The third-order valence-corrected chi connectivity index (χ3v) is 4.59. The summed E-state index contributed by atoms with van der Waals surface area (Å²) in [5.74, 6) is 0.00492. The summed E-state index contributed by atoms with van der Waals surface area (Å²) in [5.41, 5.74) is 1.31. The number of hydrogen-bond donors (Lipinski definition) is 2. The molecule has 122 valence electrons. The van der Waals surface area contributed by atoms with Gasteiger partial charge in [0.1, 0.15) is 0 Å². The largest absolute Gasteiger partial charge is 0.481 e. The Hall–Kier alpha value is -1.42. The van der Waals surface area contributed by atoms with Gasteiger partial charge in [0.15, 0.2) is 0 Å². The van der Waals surface area contributed by atoms with Crippen molar-refractivity contribution >= 4 is 5.97 Å². The monoisotopic (exact) mass is 304 g/mol. The number of carboxylic acid groups (broad SMARTS) is 1. The van der Waals surface area contributed by atoms with Crippen LogP contribution in [0.3, 0.4) is 0 Å². The van der Waals surface area contributed by atoms with Crippen LogP contribution in [0.15, 0.2) is 24.5 Å². The van der Waals surface area contributed by atoms with E-state index in [0.29, 0.717) is 24.4 Å². The van der Waals surface area contributed by atoms with Crippen molar-refractivity contribution in [3.8, 4) is 0 Å². The van der Waals surface area contributed by atoms with Crippen LogP contribution in [0.5, 0.6) is 0 Å². The lowest BCUT2D eigenvalue weighted by Gasteiger charge is -2.31. The van der Waals surface area contributed by atoms with Crippen molar-refractivity contribution in [3.05, 3.63) is 30.1 Å². The minimum absolute atomic E-state index is 0.279. The highest BCUT2D eigenvalue weighted by atomic mass is 16.4. The number of aliphatic carboxylic acids is 1. The molecule has 0 unspecified atom stereocenters. The molecule has 0 spiro atoms. The van der Waals surface area contributed by atoms with Gasteiger partial charge in [-0.25, -0.2) is 0 Å². The Morgan fingerprint density at radius 3 is 2.91 bits per heavy atom. The van der Waals surface area contributed by atoms with E-state index >= 15 is 0 Å². The van der Waals surface area contributed by atoms with E-state index in [9.17, 15) is 9.90 Å². The number of carbonyl (C=O) groups is 1. The number of pyridine rings is 1. The third-order valence-electron chi connectivity index (χ3n) is 4.59. The summed E-state index contributed by atoms with van der Waals surface area (Å²) in [6.07, 6.45) is 9.14. The number of nitrogens with zero attached hydrogens (tertiary/aromatic N) is 1. The van der Waals surface area contributed by atoms with Crippen molar-refractivity contribution in [1.82, 2.24) is 10.3 Å². The van der Waals surface area contributed by atoms with Crippen LogP contribution in [0, 0.1) is 11.8 Å². The summed E-state index contributed by atoms with van der Waals surface area (Å²) in [6, 6.07) is 4.57. The van der Waals surface area contributed by atoms with Crippen LogP contribution >= 0.6 is 0 Å². The summed E-state index contributed by atoms with van der Waals surface area (Å²) in [6.45, 7) is 4.74. The minimum Gasteiger partial charge on any atom is -0.481 e. The van der Waals surface area contributed by atoms with Gasteiger partial charge in [-0.05, 0) is 49.1 Å². The molecule has 0 bridgehead atoms. The number of rotatable bonds is 7. The first-order valence-corrected chi connectivity index (χ1v) is 8.42. The number of hydrogen-bond acceptors (Lipinski definition) is 3. The van der Waals surface area contributed by atoms with Gasteiger partial charge in [0.05, 0.1) is 5.92 Å². The smallest absolute Gasteiger partial charge is 0.307 e. The molecule has 2 N–H and O–H groups in total. The number of aromatic nitrogens is 1. The quantitative estimate of drug-likeness (QED) is 0.810. The van der Waals surface area contributed by atoms with E-state index in [4.69, 9.17) is 0 Å². The molecule has 22 heavy (non-hydrogen) atoms. The van der Waals surface area contributed by atoms with E-state index in [1.54, 1.807) is 0 Å². The predicted molar refractivity (Wildman–Crippen MR) is 87.8 cm³/mol. The zero-order valence-electron chi connectivity index (χ0n) is 13.7. The zero-order chi connectivity index (χ0) is 15.9. The second-order valence-corrected chi connectivity index (χ2v) is 6.92. The van der Waals surface area contributed by atoms with Gasteiger partial charge in [-0.1, -0.05) is 26.3 Å². The van der Waals surface area contributed by atoms with Crippen LogP contribution in [-0.4, -0.2) is 28.6 Å². The first-order chi connectivity index (χ1) is 10.6. The molecule has 1 aromatic heterocycles. The highest BCUT2D eigenvalue weighted by Gasteiger charge is 2.25. The summed E-state index contributed by atoms with van der Waals surface area (Å²) in [4.78, 5) is 15.6. The SMILES string of the molecule is CC(C)C[C@H](CN[C@@H]1CCC[C@H](c2cccnc2)C1)C(=O)O. The van der Waals surface area contributed by atoms with Gasteiger partial charge in [-0.15, -0.1) is 0 Å². The number of carboxylic acids is 1. The van der Waals surface area contributed by atoms with Crippen molar-refractivity contribution in [2.24, 2.45) is 11.8 Å². The molecule has 0 aliphatic heterocycles. The van der Waals surface area contributed by atoms with Crippen molar-refractivity contribution in [3.63, 3.8) is 0 Å². The lowest BCUT2D eigenvalue weighted by atomic mass is 9.81. The maximum absolute atomic E-state index is 11.3. The summed E-state index contributed by atoms with van der Waals surface area (Å²) < 4.78 is 0. The predicted octanol–water partition coefficient (Wildman–Crippen LogP) is 3.44. The number of nitrogens with one attached hydrogen (secondary N) is 1. The average Bonchev–Trinajstić information content (AvgIpc) is 2.52. The van der Waals surface area contributed by atoms with E-state index in [1.807, 2.05) is 18.5 Å². The standard InChI is InChI=1S/C18H28N2O2/c1-13(2)9-16(18(21)22)12-20-17-7-3-5-14(10-17)15-6-4-8-19-11-15/h4,6,8,11,13-14,16-17,20H,3,5,7,9-10,12H2,1-2H3,(H,21,22)/t14-,16+,17+/m0/s1. The molecule has 1 aliphatic carbocycles. The van der Waals surface area contributed by atoms with Crippen molar-refractivity contribution < 1.29 is 9.90 Å². The average molecular weight is 304 g/mol. The van der Waals surface area contributed by atoms with Crippen LogP contribution in [-0.2, 0) is 4.79 Å². The Labute approximate surface area is 133 Å². The highest BCUT2D eigenvalue weighted by molar-refractivity contribution is 5.70. The molecule has 1 aliphatic rings. The van der Waals surface area contributed by atoms with Crippen LogP contribution in [0.1, 0.15) is 57.4 Å². The Morgan fingerprint density at radius 1 is 1.45 bits per heavy atom. The van der Waals surface area contributed by atoms with Gasteiger partial charge in [-0.2, -0.15) is 0 Å². The first-order valence-electron chi connectivity index (χ1n) is 8.42. The zero-order valence-corrected chi connectivity index (χ0v) is 13.7. The van der Waals surface area contributed by atoms with Crippen LogP contribution in [0.25, 0.3) is 0 Å². The Morgan fingerprint density at radius 2 is 2.27 bits per heavy atom. The molecule has 3 atom stereocenters. The molecule has 0 saturated heterocycles. The third kappa shape index (κ3) is 5.09. The lowest BCUT2D eigenvalue weighted by molar-refractivity contribution is -0.142. The summed E-state index contributed by atoms with van der Waals surface area (Å²) >= 11 is 0. The van der Waals surface area contributed by atoms with E-state index in [2.05, 4.69) is 30.2 Å². The maximum Gasteiger partial charge on any atom is 0.307 e. The van der Waals surface area contributed by atoms with Gasteiger partial charge >= 0.3 is 5.97 Å². The Balaban J connectivity index is 1.86. The van der Waals surface area contributed by atoms with E-state index < -0.39 is 5.97 Å².